The van der Waals surface area contributed by atoms with Crippen LogP contribution in [0.25, 0.3) is 98.2 Å². The van der Waals surface area contributed by atoms with Crippen LogP contribution in [-0.2, 0) is 5.41 Å². The smallest absolute Gasteiger partial charge is 0.160 e. The Balaban J connectivity index is 1.10. The van der Waals surface area contributed by atoms with Gasteiger partial charge in [-0.25, -0.2) is 9.97 Å². The van der Waals surface area contributed by atoms with Gasteiger partial charge in [-0.2, -0.15) is 0 Å². The Bertz CT molecular complexity index is 3160. The van der Waals surface area contributed by atoms with Crippen molar-refractivity contribution in [1.29, 1.82) is 0 Å². The lowest BCUT2D eigenvalue weighted by atomic mass is 9.82. The topological polar surface area (TPSA) is 25.8 Å². The maximum absolute atomic E-state index is 5.30. The Hall–Kier alpha value is -6.68. The van der Waals surface area contributed by atoms with Gasteiger partial charge in [-0.05, 0) is 97.7 Å². The zero-order valence-corrected chi connectivity index (χ0v) is 31.9. The van der Waals surface area contributed by atoms with Crippen LogP contribution in [0, 0.1) is 0 Å². The summed E-state index contributed by atoms with van der Waals surface area (Å²) in [5.74, 6) is 0.713. The molecule has 2 aromatic heterocycles. The summed E-state index contributed by atoms with van der Waals surface area (Å²) >= 11 is 1.87. The molecule has 10 aromatic rings. The highest BCUT2D eigenvalue weighted by Gasteiger charge is 2.35. The second kappa shape index (κ2) is 12.7. The molecule has 11 rings (SSSR count). The van der Waals surface area contributed by atoms with Crippen LogP contribution in [0.5, 0.6) is 0 Å². The van der Waals surface area contributed by atoms with Crippen LogP contribution < -0.4 is 0 Å². The van der Waals surface area contributed by atoms with Crippen molar-refractivity contribution in [2.24, 2.45) is 0 Å². The van der Waals surface area contributed by atoms with E-state index in [-0.39, 0.29) is 5.41 Å². The molecule has 0 radical (unpaired) electrons. The monoisotopic (exact) mass is 732 g/mol. The van der Waals surface area contributed by atoms with E-state index in [4.69, 9.17) is 9.97 Å². The number of benzene rings is 8. The number of hydrogen-bond donors (Lipinski definition) is 0. The van der Waals surface area contributed by atoms with Crippen molar-refractivity contribution in [2.45, 2.75) is 19.3 Å². The fourth-order valence-corrected chi connectivity index (χ4v) is 9.96. The summed E-state index contributed by atoms with van der Waals surface area (Å²) in [6.45, 7) is 4.65. The van der Waals surface area contributed by atoms with Crippen LogP contribution in [0.15, 0.2) is 182 Å². The van der Waals surface area contributed by atoms with E-state index in [0.29, 0.717) is 5.82 Å². The molecular weight excluding hydrogens is 697 g/mol. The van der Waals surface area contributed by atoms with Crippen LogP contribution in [0.1, 0.15) is 25.0 Å². The van der Waals surface area contributed by atoms with Gasteiger partial charge in [0, 0.05) is 42.3 Å². The predicted molar refractivity (Wildman–Crippen MR) is 237 cm³/mol. The predicted octanol–water partition coefficient (Wildman–Crippen LogP) is 14.6. The summed E-state index contributed by atoms with van der Waals surface area (Å²) < 4.78 is 2.60. The number of fused-ring (bicyclic) bond motifs is 8. The molecule has 0 N–H and O–H groups in total. The van der Waals surface area contributed by atoms with Gasteiger partial charge in [0.2, 0.25) is 0 Å². The van der Waals surface area contributed by atoms with Crippen LogP contribution >= 0.6 is 11.3 Å². The van der Waals surface area contributed by atoms with Gasteiger partial charge < -0.3 is 0 Å². The zero-order chi connectivity index (χ0) is 37.4. The highest BCUT2D eigenvalue weighted by Crippen LogP contribution is 2.49. The molecule has 0 atom stereocenters. The molecule has 0 spiro atoms. The molecule has 1 aliphatic carbocycles. The van der Waals surface area contributed by atoms with Gasteiger partial charge in [0.25, 0.3) is 0 Å². The molecule has 3 heteroatoms. The molecule has 0 saturated carbocycles. The van der Waals surface area contributed by atoms with Crippen molar-refractivity contribution in [3.05, 3.63) is 193 Å². The first-order chi connectivity index (χ1) is 27.5. The second-order valence-electron chi connectivity index (χ2n) is 15.4. The Kier molecular flexibility index (Phi) is 7.42. The number of thiophene rings is 1. The Labute approximate surface area is 330 Å². The van der Waals surface area contributed by atoms with Gasteiger partial charge >= 0.3 is 0 Å². The molecule has 2 nitrogen and oxygen atoms in total. The molecule has 0 saturated heterocycles. The lowest BCUT2D eigenvalue weighted by Crippen LogP contribution is -2.14. The zero-order valence-electron chi connectivity index (χ0n) is 31.1. The minimum atomic E-state index is -0.0581. The number of rotatable bonds is 5. The SMILES string of the molecule is CC1(C)c2ccccc2-c2cc(-c3cc(-c4cc(-c5ccccc5)cc(-c5ccc6c(c5)sc5ccc7ccccc7c56)c4)nc(-c4ccccc4)n3)ccc21. The first kappa shape index (κ1) is 32.7. The highest BCUT2D eigenvalue weighted by atomic mass is 32.1. The van der Waals surface area contributed by atoms with E-state index in [0.717, 1.165) is 39.2 Å². The molecule has 56 heavy (non-hydrogen) atoms. The average molecular weight is 733 g/mol. The molecule has 8 aromatic carbocycles. The van der Waals surface area contributed by atoms with E-state index in [1.54, 1.807) is 0 Å². The number of aromatic nitrogens is 2. The van der Waals surface area contributed by atoms with Crippen LogP contribution in [0.3, 0.4) is 0 Å². The van der Waals surface area contributed by atoms with Crippen LogP contribution in [-0.4, -0.2) is 9.97 Å². The van der Waals surface area contributed by atoms with Gasteiger partial charge in [-0.3, -0.25) is 0 Å². The molecule has 264 valence electrons. The van der Waals surface area contributed by atoms with Crippen molar-refractivity contribution >= 4 is 42.3 Å². The summed E-state index contributed by atoms with van der Waals surface area (Å²) in [6, 6.07) is 66.0. The van der Waals surface area contributed by atoms with Gasteiger partial charge in [-0.15, -0.1) is 11.3 Å². The van der Waals surface area contributed by atoms with Gasteiger partial charge in [0.15, 0.2) is 5.82 Å². The van der Waals surface area contributed by atoms with Crippen LogP contribution in [0.2, 0.25) is 0 Å². The third-order valence-corrected chi connectivity index (χ3v) is 12.8. The van der Waals surface area contributed by atoms with E-state index in [1.807, 2.05) is 17.4 Å². The first-order valence-corrected chi connectivity index (χ1v) is 20.0. The molecular formula is C53H36N2S. The molecule has 0 unspecified atom stereocenters. The molecule has 0 aliphatic heterocycles. The third kappa shape index (κ3) is 5.31. The van der Waals surface area contributed by atoms with Crippen molar-refractivity contribution in [3.63, 3.8) is 0 Å². The molecule has 0 fully saturated rings. The van der Waals surface area contributed by atoms with E-state index < -0.39 is 0 Å². The lowest BCUT2D eigenvalue weighted by Gasteiger charge is -2.21. The van der Waals surface area contributed by atoms with E-state index in [9.17, 15) is 0 Å². The summed E-state index contributed by atoms with van der Waals surface area (Å²) in [7, 11) is 0. The maximum Gasteiger partial charge on any atom is 0.160 e. The second-order valence-corrected chi connectivity index (χ2v) is 16.5. The summed E-state index contributed by atoms with van der Waals surface area (Å²) in [6.07, 6.45) is 0. The maximum atomic E-state index is 5.30. The summed E-state index contributed by atoms with van der Waals surface area (Å²) in [5, 5.41) is 5.23. The number of hydrogen-bond acceptors (Lipinski definition) is 3. The Morgan fingerprint density at radius 1 is 0.393 bits per heavy atom. The number of nitrogens with zero attached hydrogens (tertiary/aromatic N) is 2. The first-order valence-electron chi connectivity index (χ1n) is 19.2. The molecule has 1 aliphatic rings. The summed E-state index contributed by atoms with van der Waals surface area (Å²) in [5.41, 5.74) is 14.8. The van der Waals surface area contributed by atoms with E-state index >= 15 is 0 Å². The van der Waals surface area contributed by atoms with Gasteiger partial charge in [0.1, 0.15) is 0 Å². The quantitative estimate of drug-likeness (QED) is 0.176. The van der Waals surface area contributed by atoms with Gasteiger partial charge in [0.05, 0.1) is 11.4 Å². The minimum Gasteiger partial charge on any atom is -0.228 e. The molecule has 0 bridgehead atoms. The summed E-state index contributed by atoms with van der Waals surface area (Å²) in [4.78, 5) is 10.5. The normalized spacial score (nSPS) is 13.0. The standard InChI is InChI=1S/C53H36N2S/c1-53(2)45-20-12-11-19-42(45)44-30-37(22-25-46(44)53)47-32-48(55-52(54-47)35-16-7-4-8-17-35)40-28-38(33-13-5-3-6-14-33)27-39(29-40)36-21-24-43-50(31-36)56-49-26-23-34-15-9-10-18-41(34)51(43)49/h3-32H,1-2H3. The third-order valence-electron chi connectivity index (χ3n) is 11.7. The largest absolute Gasteiger partial charge is 0.228 e. The molecule has 0 amide bonds. The fourth-order valence-electron chi connectivity index (χ4n) is 8.80. The van der Waals surface area contributed by atoms with E-state index in [1.165, 1.54) is 64.3 Å². The van der Waals surface area contributed by atoms with Crippen LogP contribution in [0.4, 0.5) is 0 Å². The Morgan fingerprint density at radius 2 is 1.04 bits per heavy atom. The Morgan fingerprint density at radius 3 is 1.86 bits per heavy atom. The molecule has 2 heterocycles. The average Bonchev–Trinajstić information content (AvgIpc) is 3.75. The van der Waals surface area contributed by atoms with E-state index in [2.05, 4.69) is 190 Å². The van der Waals surface area contributed by atoms with Gasteiger partial charge in [-0.1, -0.05) is 153 Å². The van der Waals surface area contributed by atoms with Crippen molar-refractivity contribution in [3.8, 4) is 67.3 Å². The van der Waals surface area contributed by atoms with Crippen molar-refractivity contribution in [1.82, 2.24) is 9.97 Å². The lowest BCUT2D eigenvalue weighted by molar-refractivity contribution is 0.660. The minimum absolute atomic E-state index is 0.0581. The van der Waals surface area contributed by atoms with Crippen molar-refractivity contribution < 1.29 is 0 Å². The van der Waals surface area contributed by atoms with Crippen molar-refractivity contribution in [2.75, 3.05) is 0 Å². The highest BCUT2D eigenvalue weighted by molar-refractivity contribution is 7.26. The fraction of sp³-hybridized carbons (Fsp3) is 0.0566.